The number of aromatic nitrogens is 1. The van der Waals surface area contributed by atoms with Crippen LogP contribution in [-0.2, 0) is 5.88 Å². The molecule has 0 aliphatic rings. The number of halogens is 1. The van der Waals surface area contributed by atoms with Crippen LogP contribution in [0, 0.1) is 17.0 Å². The smallest absolute Gasteiger partial charge is 0.270 e. The lowest BCUT2D eigenvalue weighted by Gasteiger charge is -2.00. The van der Waals surface area contributed by atoms with Crippen molar-refractivity contribution >= 4 is 17.3 Å². The Morgan fingerprint density at radius 1 is 1.53 bits per heavy atom. The van der Waals surface area contributed by atoms with Crippen LogP contribution in [0.1, 0.15) is 11.3 Å². The molecule has 0 bridgehead atoms. The van der Waals surface area contributed by atoms with Crippen molar-refractivity contribution in [3.8, 4) is 11.5 Å². The van der Waals surface area contributed by atoms with E-state index in [0.717, 1.165) is 5.56 Å². The molecule has 1 aromatic carbocycles. The molecule has 0 N–H and O–H groups in total. The van der Waals surface area contributed by atoms with Gasteiger partial charge in [-0.2, -0.15) is 0 Å². The monoisotopic (exact) mass is 252 g/mol. The van der Waals surface area contributed by atoms with Gasteiger partial charge in [-0.1, -0.05) is 6.07 Å². The number of alkyl halides is 1. The van der Waals surface area contributed by atoms with Gasteiger partial charge in [0, 0.05) is 17.7 Å². The fourth-order valence-electron chi connectivity index (χ4n) is 1.45. The summed E-state index contributed by atoms with van der Waals surface area (Å²) < 4.78 is 5.24. The highest BCUT2D eigenvalue weighted by molar-refractivity contribution is 6.16. The fraction of sp³-hybridized carbons (Fsp3) is 0.182. The van der Waals surface area contributed by atoms with Gasteiger partial charge >= 0.3 is 0 Å². The van der Waals surface area contributed by atoms with Gasteiger partial charge in [0.2, 0.25) is 5.89 Å². The summed E-state index contributed by atoms with van der Waals surface area (Å²) in [5, 5.41) is 10.7. The Bertz CT molecular complexity index is 566. The highest BCUT2D eigenvalue weighted by Gasteiger charge is 2.14. The number of oxazole rings is 1. The predicted molar refractivity (Wildman–Crippen MR) is 62.9 cm³/mol. The van der Waals surface area contributed by atoms with E-state index in [1.807, 2.05) is 6.92 Å². The van der Waals surface area contributed by atoms with Gasteiger partial charge in [0.15, 0.2) is 0 Å². The van der Waals surface area contributed by atoms with Crippen LogP contribution in [0.15, 0.2) is 28.9 Å². The Kier molecular flexibility index (Phi) is 3.10. The molecular weight excluding hydrogens is 244 g/mol. The molecule has 0 unspecified atom stereocenters. The summed E-state index contributed by atoms with van der Waals surface area (Å²) in [6, 6.07) is 4.56. The van der Waals surface area contributed by atoms with Crippen molar-refractivity contribution in [2.45, 2.75) is 12.8 Å². The summed E-state index contributed by atoms with van der Waals surface area (Å²) in [6.07, 6.45) is 1.45. The summed E-state index contributed by atoms with van der Waals surface area (Å²) >= 11 is 5.62. The van der Waals surface area contributed by atoms with E-state index in [1.165, 1.54) is 18.4 Å². The summed E-state index contributed by atoms with van der Waals surface area (Å²) in [4.78, 5) is 14.4. The van der Waals surface area contributed by atoms with Crippen LogP contribution >= 0.6 is 11.6 Å². The molecule has 6 heteroatoms. The Morgan fingerprint density at radius 3 is 2.88 bits per heavy atom. The molecular formula is C11H9ClN2O3. The maximum atomic E-state index is 10.7. The van der Waals surface area contributed by atoms with E-state index >= 15 is 0 Å². The van der Waals surface area contributed by atoms with Crippen LogP contribution < -0.4 is 0 Å². The first-order valence-electron chi connectivity index (χ1n) is 4.87. The number of nitrogens with zero attached hydrogens (tertiary/aromatic N) is 2. The number of benzene rings is 1. The number of nitro benzene ring substituents is 1. The normalized spacial score (nSPS) is 10.5. The third-order valence-electron chi connectivity index (χ3n) is 2.35. The minimum Gasteiger partial charge on any atom is -0.444 e. The molecule has 0 aliphatic heterocycles. The molecule has 2 aromatic rings. The lowest BCUT2D eigenvalue weighted by Crippen LogP contribution is -1.91. The zero-order valence-electron chi connectivity index (χ0n) is 9.01. The zero-order chi connectivity index (χ0) is 12.4. The number of hydrogen-bond donors (Lipinski definition) is 0. The van der Waals surface area contributed by atoms with Gasteiger partial charge in [-0.05, 0) is 12.5 Å². The highest BCUT2D eigenvalue weighted by atomic mass is 35.5. The molecule has 0 radical (unpaired) electrons. The van der Waals surface area contributed by atoms with Gasteiger partial charge in [0.1, 0.15) is 6.26 Å². The van der Waals surface area contributed by atoms with Crippen molar-refractivity contribution in [1.82, 2.24) is 4.98 Å². The second-order valence-electron chi connectivity index (χ2n) is 3.53. The van der Waals surface area contributed by atoms with Gasteiger partial charge in [-0.3, -0.25) is 10.1 Å². The summed E-state index contributed by atoms with van der Waals surface area (Å²) in [5.41, 5.74) is 2.08. The molecule has 88 valence electrons. The largest absolute Gasteiger partial charge is 0.444 e. The van der Waals surface area contributed by atoms with E-state index in [-0.39, 0.29) is 11.6 Å². The van der Waals surface area contributed by atoms with E-state index < -0.39 is 4.92 Å². The molecule has 17 heavy (non-hydrogen) atoms. The number of non-ortho nitro benzene ring substituents is 1. The van der Waals surface area contributed by atoms with Gasteiger partial charge in [-0.15, -0.1) is 11.6 Å². The molecule has 0 spiro atoms. The Hall–Kier alpha value is -1.88. The maximum absolute atomic E-state index is 10.7. The topological polar surface area (TPSA) is 69.2 Å². The molecule has 1 aromatic heterocycles. The number of aryl methyl sites for hydroxylation is 1. The van der Waals surface area contributed by atoms with Crippen molar-refractivity contribution in [2.75, 3.05) is 0 Å². The van der Waals surface area contributed by atoms with Gasteiger partial charge in [0.25, 0.3) is 5.69 Å². The van der Waals surface area contributed by atoms with E-state index in [4.69, 9.17) is 16.0 Å². The SMILES string of the molecule is Cc1ccc([N+](=O)[O-])cc1-c1nc(CCl)co1. The third kappa shape index (κ3) is 2.29. The Labute approximate surface area is 102 Å². The molecule has 0 fully saturated rings. The van der Waals surface area contributed by atoms with Crippen molar-refractivity contribution in [2.24, 2.45) is 0 Å². The van der Waals surface area contributed by atoms with E-state index in [2.05, 4.69) is 4.98 Å². The second kappa shape index (κ2) is 4.55. The highest BCUT2D eigenvalue weighted by Crippen LogP contribution is 2.27. The molecule has 0 atom stereocenters. The quantitative estimate of drug-likeness (QED) is 0.477. The van der Waals surface area contributed by atoms with Crippen LogP contribution in [0.25, 0.3) is 11.5 Å². The van der Waals surface area contributed by atoms with Gasteiger partial charge in [0.05, 0.1) is 16.5 Å². The average Bonchev–Trinajstić information content (AvgIpc) is 2.77. The van der Waals surface area contributed by atoms with Gasteiger partial charge < -0.3 is 4.42 Å². The minimum absolute atomic E-state index is 0.0104. The minimum atomic E-state index is -0.450. The average molecular weight is 253 g/mol. The fourth-order valence-corrected chi connectivity index (χ4v) is 1.57. The number of nitro groups is 1. The zero-order valence-corrected chi connectivity index (χ0v) is 9.77. The van der Waals surface area contributed by atoms with Gasteiger partial charge in [-0.25, -0.2) is 4.98 Å². The van der Waals surface area contributed by atoms with Crippen molar-refractivity contribution < 1.29 is 9.34 Å². The first-order chi connectivity index (χ1) is 8.11. The summed E-state index contributed by atoms with van der Waals surface area (Å²) in [6.45, 7) is 1.84. The molecule has 2 rings (SSSR count). The molecule has 0 saturated heterocycles. The lowest BCUT2D eigenvalue weighted by atomic mass is 10.1. The van der Waals surface area contributed by atoms with Crippen molar-refractivity contribution in [3.63, 3.8) is 0 Å². The summed E-state index contributed by atoms with van der Waals surface area (Å²) in [7, 11) is 0. The lowest BCUT2D eigenvalue weighted by molar-refractivity contribution is -0.384. The van der Waals surface area contributed by atoms with Crippen LogP contribution in [0.5, 0.6) is 0 Å². The van der Waals surface area contributed by atoms with Crippen LogP contribution in [0.4, 0.5) is 5.69 Å². The summed E-state index contributed by atoms with van der Waals surface area (Å²) in [5.74, 6) is 0.596. The first kappa shape index (κ1) is 11.6. The standard InChI is InChI=1S/C11H9ClN2O3/c1-7-2-3-9(14(15)16)4-10(7)11-13-8(5-12)6-17-11/h2-4,6H,5H2,1H3. The van der Waals surface area contributed by atoms with E-state index in [0.29, 0.717) is 17.1 Å². The molecule has 1 heterocycles. The second-order valence-corrected chi connectivity index (χ2v) is 3.80. The number of hydrogen-bond acceptors (Lipinski definition) is 4. The molecule has 0 saturated carbocycles. The van der Waals surface area contributed by atoms with Crippen LogP contribution in [-0.4, -0.2) is 9.91 Å². The number of rotatable bonds is 3. The first-order valence-corrected chi connectivity index (χ1v) is 5.41. The molecule has 5 nitrogen and oxygen atoms in total. The predicted octanol–water partition coefficient (Wildman–Crippen LogP) is 3.30. The Balaban J connectivity index is 2.49. The maximum Gasteiger partial charge on any atom is 0.270 e. The molecule has 0 aliphatic carbocycles. The Morgan fingerprint density at radius 2 is 2.29 bits per heavy atom. The van der Waals surface area contributed by atoms with E-state index in [9.17, 15) is 10.1 Å². The van der Waals surface area contributed by atoms with Crippen LogP contribution in [0.2, 0.25) is 0 Å². The van der Waals surface area contributed by atoms with Crippen molar-refractivity contribution in [1.29, 1.82) is 0 Å². The van der Waals surface area contributed by atoms with E-state index in [1.54, 1.807) is 6.07 Å². The third-order valence-corrected chi connectivity index (χ3v) is 2.62. The van der Waals surface area contributed by atoms with Crippen molar-refractivity contribution in [3.05, 3.63) is 45.8 Å². The molecule has 0 amide bonds. The van der Waals surface area contributed by atoms with Crippen LogP contribution in [0.3, 0.4) is 0 Å².